The number of carbonyl (C=O) groups is 3. The van der Waals surface area contributed by atoms with Crippen LogP contribution in [-0.4, -0.2) is 69.3 Å². The minimum atomic E-state index is -1.05. The predicted octanol–water partition coefficient (Wildman–Crippen LogP) is 5.91. The summed E-state index contributed by atoms with van der Waals surface area (Å²) in [6.45, 7) is 8.34. The van der Waals surface area contributed by atoms with E-state index in [2.05, 4.69) is 39.8 Å². The van der Waals surface area contributed by atoms with Gasteiger partial charge in [0.15, 0.2) is 0 Å². The van der Waals surface area contributed by atoms with E-state index in [1.807, 2.05) is 80.7 Å². The summed E-state index contributed by atoms with van der Waals surface area (Å²) in [5.74, 6) is -0.227. The number of amides is 4. The van der Waals surface area contributed by atoms with Gasteiger partial charge in [0.05, 0.1) is 29.1 Å². The van der Waals surface area contributed by atoms with Crippen molar-refractivity contribution >= 4 is 40.7 Å². The van der Waals surface area contributed by atoms with Crippen LogP contribution in [0.15, 0.2) is 78.6 Å². The highest BCUT2D eigenvalue weighted by Crippen LogP contribution is 2.23. The van der Waals surface area contributed by atoms with Crippen LogP contribution in [0.2, 0.25) is 0 Å². The van der Waals surface area contributed by atoms with Gasteiger partial charge in [0.2, 0.25) is 5.91 Å². The molecule has 4 N–H and O–H groups in total. The van der Waals surface area contributed by atoms with Crippen LogP contribution in [0.1, 0.15) is 65.9 Å². The zero-order chi connectivity index (χ0) is 36.0. The number of rotatable bonds is 17. The van der Waals surface area contributed by atoms with Crippen molar-refractivity contribution in [2.24, 2.45) is 5.92 Å². The van der Waals surface area contributed by atoms with E-state index in [0.29, 0.717) is 25.3 Å². The number of carbonyl (C=O) groups excluding carboxylic acids is 3. The first-order valence-corrected chi connectivity index (χ1v) is 18.5. The Labute approximate surface area is 302 Å². The van der Waals surface area contributed by atoms with E-state index in [9.17, 15) is 19.5 Å². The zero-order valence-electron chi connectivity index (χ0n) is 29.2. The number of ether oxygens (including phenoxy) is 1. The number of urea groups is 1. The fourth-order valence-electron chi connectivity index (χ4n) is 5.35. The third-order valence-corrected chi connectivity index (χ3v) is 10.2. The third kappa shape index (κ3) is 12.2. The van der Waals surface area contributed by atoms with Gasteiger partial charge in [0.25, 0.3) is 0 Å². The SMILES string of the molecule is CC(C)c1cnc(CN(C)C(=O)N[C@@H](C(=O)N[C@@H](Cc2ccccc2)C[C@@H](O)[C@@H](Cc2ccccc2)NC(=O)OCc2cncs2)C(C)C)s1. The van der Waals surface area contributed by atoms with Gasteiger partial charge in [0.1, 0.15) is 17.7 Å². The van der Waals surface area contributed by atoms with E-state index >= 15 is 0 Å². The first-order valence-electron chi connectivity index (χ1n) is 16.8. The van der Waals surface area contributed by atoms with Crippen molar-refractivity contribution in [3.8, 4) is 0 Å². The van der Waals surface area contributed by atoms with E-state index in [-0.39, 0.29) is 30.9 Å². The van der Waals surface area contributed by atoms with Crippen LogP contribution in [-0.2, 0) is 35.5 Å². The molecule has 0 aliphatic rings. The molecule has 0 radical (unpaired) electrons. The summed E-state index contributed by atoms with van der Waals surface area (Å²) < 4.78 is 5.43. The van der Waals surface area contributed by atoms with Gasteiger partial charge in [-0.1, -0.05) is 88.4 Å². The van der Waals surface area contributed by atoms with Crippen molar-refractivity contribution in [3.05, 3.63) is 104 Å². The van der Waals surface area contributed by atoms with Crippen LogP contribution in [0.25, 0.3) is 0 Å². The van der Waals surface area contributed by atoms with Crippen molar-refractivity contribution in [2.45, 2.75) is 90.3 Å². The van der Waals surface area contributed by atoms with Gasteiger partial charge in [-0.3, -0.25) is 9.78 Å². The summed E-state index contributed by atoms with van der Waals surface area (Å²) >= 11 is 2.95. The number of nitrogens with one attached hydrogen (secondary N) is 3. The third-order valence-electron chi connectivity index (χ3n) is 8.18. The molecule has 2 heterocycles. The van der Waals surface area contributed by atoms with Gasteiger partial charge >= 0.3 is 12.1 Å². The van der Waals surface area contributed by atoms with Crippen LogP contribution in [0.3, 0.4) is 0 Å². The molecule has 0 aliphatic heterocycles. The number of hydrogen-bond acceptors (Lipinski definition) is 9. The molecule has 2 aromatic carbocycles. The Morgan fingerprint density at radius 1 is 0.900 bits per heavy atom. The molecule has 0 saturated heterocycles. The first kappa shape index (κ1) is 38.5. The maximum Gasteiger partial charge on any atom is 0.407 e. The van der Waals surface area contributed by atoms with E-state index in [4.69, 9.17) is 4.74 Å². The van der Waals surface area contributed by atoms with E-state index in [1.54, 1.807) is 30.1 Å². The Kier molecular flexibility index (Phi) is 14.7. The van der Waals surface area contributed by atoms with Crippen LogP contribution in [0.4, 0.5) is 9.59 Å². The lowest BCUT2D eigenvalue weighted by molar-refractivity contribution is -0.124. The van der Waals surface area contributed by atoms with Gasteiger partial charge in [0, 0.05) is 30.4 Å². The highest BCUT2D eigenvalue weighted by molar-refractivity contribution is 7.11. The lowest BCUT2D eigenvalue weighted by Crippen LogP contribution is -2.55. The fourth-order valence-corrected chi connectivity index (χ4v) is 6.83. The maximum absolute atomic E-state index is 13.9. The van der Waals surface area contributed by atoms with E-state index in [0.717, 1.165) is 25.9 Å². The summed E-state index contributed by atoms with van der Waals surface area (Å²) in [5, 5.41) is 21.4. The number of thiazole rings is 2. The quantitative estimate of drug-likeness (QED) is 0.106. The Morgan fingerprint density at radius 3 is 2.14 bits per heavy atom. The normalized spacial score (nSPS) is 13.7. The number of hydrogen-bond donors (Lipinski definition) is 4. The van der Waals surface area contributed by atoms with Gasteiger partial charge in [-0.15, -0.1) is 22.7 Å². The monoisotopic (exact) mass is 720 g/mol. The van der Waals surface area contributed by atoms with Crippen LogP contribution in [0.5, 0.6) is 0 Å². The molecule has 11 nitrogen and oxygen atoms in total. The molecule has 0 aliphatic carbocycles. The van der Waals surface area contributed by atoms with Gasteiger partial charge in [-0.25, -0.2) is 14.6 Å². The summed E-state index contributed by atoms with van der Waals surface area (Å²) in [5.41, 5.74) is 3.56. The minimum Gasteiger partial charge on any atom is -0.444 e. The molecule has 0 spiro atoms. The first-order chi connectivity index (χ1) is 24.0. The highest BCUT2D eigenvalue weighted by Gasteiger charge is 2.31. The number of aliphatic hydroxyl groups is 1. The standard InChI is InChI=1S/C37H48N6O5S2/c1-24(2)32-20-39-33(50-32)21-43(5)36(46)42-34(25(3)4)35(45)40-28(16-26-12-8-6-9-13-26)18-31(44)30(17-27-14-10-7-11-15-27)41-37(47)48-22-29-19-38-23-49-29/h6-15,19-20,23-25,28,30-31,34,44H,16-18,21-22H2,1-5H3,(H,40,45)(H,41,47)(H,42,46)/t28-,30+,31+,34+/m0/s1. The second-order valence-corrected chi connectivity index (χ2v) is 15.1. The molecular formula is C37H48N6O5S2. The molecule has 4 atom stereocenters. The number of aromatic nitrogens is 2. The molecule has 4 rings (SSSR count). The molecule has 4 aromatic rings. The topological polar surface area (TPSA) is 146 Å². The minimum absolute atomic E-state index is 0.0671. The lowest BCUT2D eigenvalue weighted by atomic mass is 9.93. The average molecular weight is 721 g/mol. The molecule has 13 heteroatoms. The van der Waals surface area contributed by atoms with Crippen molar-refractivity contribution in [1.29, 1.82) is 0 Å². The van der Waals surface area contributed by atoms with E-state index in [1.165, 1.54) is 16.2 Å². The number of benzene rings is 2. The lowest BCUT2D eigenvalue weighted by Gasteiger charge is -2.30. The van der Waals surface area contributed by atoms with Gasteiger partial charge < -0.3 is 30.7 Å². The fraction of sp³-hybridized carbons (Fsp3) is 0.432. The predicted molar refractivity (Wildman–Crippen MR) is 197 cm³/mol. The maximum atomic E-state index is 13.9. The molecule has 50 heavy (non-hydrogen) atoms. The molecule has 2 aromatic heterocycles. The van der Waals surface area contributed by atoms with Crippen LogP contribution >= 0.6 is 22.7 Å². The second kappa shape index (κ2) is 19.2. The zero-order valence-corrected chi connectivity index (χ0v) is 30.9. The highest BCUT2D eigenvalue weighted by atomic mass is 32.1. The summed E-state index contributed by atoms with van der Waals surface area (Å²) in [4.78, 5) is 52.0. The van der Waals surface area contributed by atoms with Crippen molar-refractivity contribution < 1.29 is 24.2 Å². The smallest absolute Gasteiger partial charge is 0.407 e. The summed E-state index contributed by atoms with van der Waals surface area (Å²) in [6, 6.07) is 16.8. The second-order valence-electron chi connectivity index (χ2n) is 13.0. The van der Waals surface area contributed by atoms with Crippen molar-refractivity contribution in [3.63, 3.8) is 0 Å². The Hall–Kier alpha value is -4.33. The van der Waals surface area contributed by atoms with Crippen LogP contribution in [0, 0.1) is 5.92 Å². The largest absolute Gasteiger partial charge is 0.444 e. The summed E-state index contributed by atoms with van der Waals surface area (Å²) in [6.07, 6.45) is 2.68. The molecule has 0 saturated carbocycles. The van der Waals surface area contributed by atoms with Crippen molar-refractivity contribution in [2.75, 3.05) is 7.05 Å². The molecule has 4 amide bonds. The number of aliphatic hydroxyl groups excluding tert-OH is 1. The summed E-state index contributed by atoms with van der Waals surface area (Å²) in [7, 11) is 1.68. The van der Waals surface area contributed by atoms with Crippen molar-refractivity contribution in [1.82, 2.24) is 30.8 Å². The van der Waals surface area contributed by atoms with Crippen LogP contribution < -0.4 is 16.0 Å². The Bertz CT molecular complexity index is 1620. The Balaban J connectivity index is 1.46. The molecule has 0 unspecified atom stereocenters. The molecule has 0 fully saturated rings. The van der Waals surface area contributed by atoms with Gasteiger partial charge in [-0.05, 0) is 42.2 Å². The van der Waals surface area contributed by atoms with Gasteiger partial charge in [-0.2, -0.15) is 0 Å². The Morgan fingerprint density at radius 2 is 1.56 bits per heavy atom. The van der Waals surface area contributed by atoms with E-state index < -0.39 is 30.3 Å². The average Bonchev–Trinajstić information content (AvgIpc) is 3.79. The molecular weight excluding hydrogens is 673 g/mol. The molecule has 268 valence electrons. The number of nitrogens with zero attached hydrogens (tertiary/aromatic N) is 3. The molecule has 0 bridgehead atoms. The number of alkyl carbamates (subject to hydrolysis) is 1.